The van der Waals surface area contributed by atoms with E-state index < -0.39 is 6.10 Å². The Bertz CT molecular complexity index is 1200. The standard InChI is InChI=1S/C52H84O6/c1-4-7-10-13-16-19-22-25-27-30-33-36-39-42-45-51(54)57-48-49(47-56-50(53)44-41-38-35-32-29-24-21-18-15-12-9-6-3)58-52(55)46-43-40-37-34-31-28-26-23-20-17-14-11-8-5-2/h7-12,16-21,25-28,49H,4-6,13-15,22-24,29-48H2,1-3H3/b10-7-,11-8-,12-9-,19-16-,20-17-,21-18-,27-25-,28-26-. The molecule has 0 aromatic carbocycles. The van der Waals surface area contributed by atoms with Gasteiger partial charge < -0.3 is 14.2 Å². The summed E-state index contributed by atoms with van der Waals surface area (Å²) < 4.78 is 16.7. The van der Waals surface area contributed by atoms with Crippen molar-refractivity contribution in [3.8, 4) is 0 Å². The maximum atomic E-state index is 12.7. The van der Waals surface area contributed by atoms with Crippen molar-refractivity contribution >= 4 is 17.9 Å². The Morgan fingerprint density at radius 1 is 0.345 bits per heavy atom. The molecule has 0 radical (unpaired) electrons. The van der Waals surface area contributed by atoms with E-state index in [-0.39, 0.29) is 31.1 Å². The molecule has 0 aliphatic heterocycles. The molecule has 58 heavy (non-hydrogen) atoms. The van der Waals surface area contributed by atoms with Crippen LogP contribution in [0.5, 0.6) is 0 Å². The van der Waals surface area contributed by atoms with Crippen molar-refractivity contribution in [3.05, 3.63) is 97.2 Å². The highest BCUT2D eigenvalue weighted by atomic mass is 16.6. The van der Waals surface area contributed by atoms with Crippen LogP contribution in [-0.4, -0.2) is 37.2 Å². The number of unbranched alkanes of at least 4 members (excludes halogenated alkanes) is 13. The molecule has 0 N–H and O–H groups in total. The van der Waals surface area contributed by atoms with E-state index in [1.165, 1.54) is 0 Å². The van der Waals surface area contributed by atoms with Crippen LogP contribution in [0.2, 0.25) is 0 Å². The highest BCUT2D eigenvalue weighted by molar-refractivity contribution is 5.71. The summed E-state index contributed by atoms with van der Waals surface area (Å²) in [6.07, 6.45) is 59.6. The number of allylic oxidation sites excluding steroid dienone is 16. The zero-order valence-corrected chi connectivity index (χ0v) is 37.3. The second-order valence-electron chi connectivity index (χ2n) is 14.9. The lowest BCUT2D eigenvalue weighted by molar-refractivity contribution is -0.167. The van der Waals surface area contributed by atoms with Gasteiger partial charge in [0.25, 0.3) is 0 Å². The number of carbonyl (C=O) groups is 3. The SMILES string of the molecule is CC/C=C\C/C=C\C/C=C\CCCCCCC(=O)OCC(COC(=O)CCCCCCC/C=C\C/C=C\CC)OC(=O)CCCCCC/C=C\C/C=C\C/C=C\CC. The number of hydrogen-bond donors (Lipinski definition) is 0. The zero-order chi connectivity index (χ0) is 42.3. The molecule has 0 bridgehead atoms. The van der Waals surface area contributed by atoms with Gasteiger partial charge in [0.15, 0.2) is 6.10 Å². The zero-order valence-electron chi connectivity index (χ0n) is 37.3. The highest BCUT2D eigenvalue weighted by Gasteiger charge is 2.19. The van der Waals surface area contributed by atoms with Crippen molar-refractivity contribution in [2.75, 3.05) is 13.2 Å². The molecule has 0 fully saturated rings. The molecule has 0 rings (SSSR count). The first-order valence-corrected chi connectivity index (χ1v) is 23.2. The van der Waals surface area contributed by atoms with E-state index in [1.807, 2.05) is 0 Å². The normalized spacial score (nSPS) is 12.9. The summed E-state index contributed by atoms with van der Waals surface area (Å²) in [5, 5.41) is 0. The van der Waals surface area contributed by atoms with Crippen LogP contribution in [0, 0.1) is 0 Å². The lowest BCUT2D eigenvalue weighted by Gasteiger charge is -2.18. The molecule has 328 valence electrons. The fraction of sp³-hybridized carbons (Fsp3) is 0.635. The molecule has 0 saturated heterocycles. The van der Waals surface area contributed by atoms with Crippen LogP contribution in [0.1, 0.15) is 194 Å². The molecule has 1 unspecified atom stereocenters. The average molecular weight is 805 g/mol. The summed E-state index contributed by atoms with van der Waals surface area (Å²) in [7, 11) is 0. The first kappa shape index (κ1) is 54.3. The molecule has 0 aromatic heterocycles. The van der Waals surface area contributed by atoms with Gasteiger partial charge in [0.05, 0.1) is 0 Å². The molecule has 0 aliphatic carbocycles. The number of esters is 3. The maximum Gasteiger partial charge on any atom is 0.306 e. The van der Waals surface area contributed by atoms with Gasteiger partial charge in [0.1, 0.15) is 13.2 Å². The minimum atomic E-state index is -0.804. The largest absolute Gasteiger partial charge is 0.462 e. The van der Waals surface area contributed by atoms with Crippen LogP contribution in [0.3, 0.4) is 0 Å². The second kappa shape index (κ2) is 46.0. The van der Waals surface area contributed by atoms with Crippen molar-refractivity contribution in [1.29, 1.82) is 0 Å². The third-order valence-corrected chi connectivity index (χ3v) is 9.31. The fourth-order valence-electron chi connectivity index (χ4n) is 5.92. The maximum absolute atomic E-state index is 12.7. The molecule has 0 spiro atoms. The summed E-state index contributed by atoms with van der Waals surface area (Å²) in [5.41, 5.74) is 0. The smallest absolute Gasteiger partial charge is 0.306 e. The third kappa shape index (κ3) is 43.5. The lowest BCUT2D eigenvalue weighted by Crippen LogP contribution is -2.30. The summed E-state index contributed by atoms with van der Waals surface area (Å²) in [5.74, 6) is -0.972. The van der Waals surface area contributed by atoms with Crippen LogP contribution in [0.15, 0.2) is 97.2 Å². The molecule has 6 nitrogen and oxygen atoms in total. The van der Waals surface area contributed by atoms with Gasteiger partial charge in [0.2, 0.25) is 0 Å². The Labute approximate surface area is 356 Å². The van der Waals surface area contributed by atoms with Gasteiger partial charge >= 0.3 is 17.9 Å². The second-order valence-corrected chi connectivity index (χ2v) is 14.9. The van der Waals surface area contributed by atoms with E-state index in [4.69, 9.17) is 14.2 Å². The van der Waals surface area contributed by atoms with Gasteiger partial charge in [-0.1, -0.05) is 163 Å². The molecule has 0 amide bonds. The summed E-state index contributed by atoms with van der Waals surface area (Å²) in [4.78, 5) is 37.8. The van der Waals surface area contributed by atoms with Crippen molar-refractivity contribution in [3.63, 3.8) is 0 Å². The molecular weight excluding hydrogens is 721 g/mol. The Hall–Kier alpha value is -3.67. The predicted molar refractivity (Wildman–Crippen MR) is 247 cm³/mol. The van der Waals surface area contributed by atoms with Crippen LogP contribution >= 0.6 is 0 Å². The minimum Gasteiger partial charge on any atom is -0.462 e. The average Bonchev–Trinajstić information content (AvgIpc) is 3.22. The number of rotatable bonds is 40. The van der Waals surface area contributed by atoms with Gasteiger partial charge in [-0.25, -0.2) is 0 Å². The van der Waals surface area contributed by atoms with E-state index in [0.717, 1.165) is 154 Å². The van der Waals surface area contributed by atoms with Crippen molar-refractivity contribution in [2.24, 2.45) is 0 Å². The van der Waals surface area contributed by atoms with E-state index in [0.29, 0.717) is 19.3 Å². The molecular formula is C52H84O6. The topological polar surface area (TPSA) is 78.9 Å². The number of carbonyl (C=O) groups excluding carboxylic acids is 3. The summed E-state index contributed by atoms with van der Waals surface area (Å²) in [6.45, 7) is 6.22. The Balaban J connectivity index is 4.50. The van der Waals surface area contributed by atoms with Crippen molar-refractivity contribution in [2.45, 2.75) is 200 Å². The van der Waals surface area contributed by atoms with Crippen LogP contribution in [-0.2, 0) is 28.6 Å². The Kier molecular flexibility index (Phi) is 43.1. The monoisotopic (exact) mass is 805 g/mol. The summed E-state index contributed by atoms with van der Waals surface area (Å²) in [6, 6.07) is 0. The van der Waals surface area contributed by atoms with Crippen molar-refractivity contribution in [1.82, 2.24) is 0 Å². The Morgan fingerprint density at radius 3 is 0.966 bits per heavy atom. The minimum absolute atomic E-state index is 0.103. The molecule has 0 heterocycles. The van der Waals surface area contributed by atoms with Gasteiger partial charge in [0, 0.05) is 19.3 Å². The number of hydrogen-bond acceptors (Lipinski definition) is 6. The van der Waals surface area contributed by atoms with Crippen LogP contribution in [0.25, 0.3) is 0 Å². The molecule has 0 aliphatic rings. The number of ether oxygens (including phenoxy) is 3. The van der Waals surface area contributed by atoms with Gasteiger partial charge in [-0.15, -0.1) is 0 Å². The first-order chi connectivity index (χ1) is 28.5. The van der Waals surface area contributed by atoms with Gasteiger partial charge in [-0.2, -0.15) is 0 Å². The van der Waals surface area contributed by atoms with Gasteiger partial charge in [-0.05, 0) is 109 Å². The highest BCUT2D eigenvalue weighted by Crippen LogP contribution is 2.12. The van der Waals surface area contributed by atoms with E-state index in [1.54, 1.807) is 0 Å². The molecule has 6 heteroatoms. The lowest BCUT2D eigenvalue weighted by atomic mass is 10.1. The van der Waals surface area contributed by atoms with E-state index in [9.17, 15) is 14.4 Å². The molecule has 0 aromatic rings. The van der Waals surface area contributed by atoms with E-state index >= 15 is 0 Å². The van der Waals surface area contributed by atoms with E-state index in [2.05, 4.69) is 118 Å². The fourth-order valence-corrected chi connectivity index (χ4v) is 5.92. The molecule has 0 saturated carbocycles. The van der Waals surface area contributed by atoms with Crippen molar-refractivity contribution < 1.29 is 28.6 Å². The first-order valence-electron chi connectivity index (χ1n) is 23.2. The summed E-state index contributed by atoms with van der Waals surface area (Å²) >= 11 is 0. The predicted octanol–water partition coefficient (Wildman–Crippen LogP) is 15.0. The van der Waals surface area contributed by atoms with Crippen LogP contribution < -0.4 is 0 Å². The third-order valence-electron chi connectivity index (χ3n) is 9.31. The quantitative estimate of drug-likeness (QED) is 0.0266. The van der Waals surface area contributed by atoms with Crippen LogP contribution in [0.4, 0.5) is 0 Å². The molecule has 1 atom stereocenters. The Morgan fingerprint density at radius 2 is 0.621 bits per heavy atom. The van der Waals surface area contributed by atoms with Gasteiger partial charge in [-0.3, -0.25) is 14.4 Å².